The van der Waals surface area contributed by atoms with Gasteiger partial charge in [-0.05, 0) is 62.1 Å². The third-order valence-electron chi connectivity index (χ3n) is 7.43. The molecule has 2 fully saturated rings. The Bertz CT molecular complexity index is 1350. The van der Waals surface area contributed by atoms with E-state index >= 15 is 0 Å². The number of halogens is 1. The van der Waals surface area contributed by atoms with Gasteiger partial charge in [0, 0.05) is 52.4 Å². The lowest BCUT2D eigenvalue weighted by Gasteiger charge is -2.21. The highest BCUT2D eigenvalue weighted by Gasteiger charge is 2.60. The molecule has 1 aliphatic heterocycles. The van der Waals surface area contributed by atoms with Crippen molar-refractivity contribution in [1.82, 2.24) is 24.6 Å². The highest BCUT2D eigenvalue weighted by Crippen LogP contribution is 2.59. The molecular weight excluding hydrogens is 506 g/mol. The number of hydrogen-bond donors (Lipinski definition) is 0. The first-order chi connectivity index (χ1) is 16.5. The minimum absolute atomic E-state index is 0.415. The monoisotopic (exact) mass is 533 g/mol. The number of benzene rings is 2. The molecule has 6 rings (SSSR count). The van der Waals surface area contributed by atoms with Crippen molar-refractivity contribution in [2.75, 3.05) is 25.4 Å². The number of likely N-dealkylation sites (tertiary alicyclic amines) is 1. The number of pyridine rings is 1. The van der Waals surface area contributed by atoms with E-state index < -0.39 is 0 Å². The number of thioether (sulfide) groups is 1. The number of hydrogen-bond acceptors (Lipinski definition) is 5. The van der Waals surface area contributed by atoms with Gasteiger partial charge in [0.15, 0.2) is 11.0 Å². The number of fused-ring (bicyclic) bond motifs is 2. The molecule has 1 saturated carbocycles. The zero-order valence-corrected chi connectivity index (χ0v) is 21.9. The summed E-state index contributed by atoms with van der Waals surface area (Å²) < 4.78 is 3.28. The van der Waals surface area contributed by atoms with Crippen molar-refractivity contribution in [3.8, 4) is 11.4 Å². The molecule has 0 N–H and O–H groups in total. The highest BCUT2D eigenvalue weighted by atomic mass is 79.9. The normalized spacial score (nSPS) is 21.8. The summed E-state index contributed by atoms with van der Waals surface area (Å²) in [6, 6.07) is 19.4. The lowest BCUT2D eigenvalue weighted by molar-refractivity contribution is 0.299. The van der Waals surface area contributed by atoms with Crippen molar-refractivity contribution in [3.05, 3.63) is 70.3 Å². The van der Waals surface area contributed by atoms with Crippen molar-refractivity contribution >= 4 is 38.6 Å². The molecule has 1 saturated heterocycles. The minimum atomic E-state index is 0.415. The fourth-order valence-corrected chi connectivity index (χ4v) is 6.66. The van der Waals surface area contributed by atoms with Crippen LogP contribution in [0.15, 0.2) is 64.2 Å². The standard InChI is InChI=1S/C27H28BrN5S/c1-18-7-12-22-23(5-3-6-24(22)29-18)25-30-31-26(32(25)2)34-14-4-13-33-16-20-15-27(20,17-33)19-8-10-21(28)11-9-19/h3,5-12,20H,4,13-17H2,1-2H3/t20-,27+/m1/s1. The van der Waals surface area contributed by atoms with Crippen LogP contribution in [-0.4, -0.2) is 50.0 Å². The lowest BCUT2D eigenvalue weighted by atomic mass is 9.95. The maximum atomic E-state index is 4.66. The molecule has 174 valence electrons. The van der Waals surface area contributed by atoms with Gasteiger partial charge in [0.05, 0.1) is 5.52 Å². The van der Waals surface area contributed by atoms with Gasteiger partial charge >= 0.3 is 0 Å². The second kappa shape index (κ2) is 8.77. The minimum Gasteiger partial charge on any atom is -0.305 e. The van der Waals surface area contributed by atoms with Crippen LogP contribution in [0.2, 0.25) is 0 Å². The van der Waals surface area contributed by atoms with E-state index in [-0.39, 0.29) is 0 Å². The van der Waals surface area contributed by atoms with E-state index in [0.717, 1.165) is 62.3 Å². The predicted molar refractivity (Wildman–Crippen MR) is 142 cm³/mol. The Hall–Kier alpha value is -2.22. The van der Waals surface area contributed by atoms with Crippen LogP contribution in [0, 0.1) is 12.8 Å². The number of aryl methyl sites for hydroxylation is 1. The predicted octanol–water partition coefficient (Wildman–Crippen LogP) is 5.86. The molecule has 3 heterocycles. The summed E-state index contributed by atoms with van der Waals surface area (Å²) >= 11 is 5.37. The Labute approximate surface area is 213 Å². The van der Waals surface area contributed by atoms with Crippen LogP contribution in [0.5, 0.6) is 0 Å². The smallest absolute Gasteiger partial charge is 0.191 e. The van der Waals surface area contributed by atoms with Gasteiger partial charge in [-0.15, -0.1) is 10.2 Å². The van der Waals surface area contributed by atoms with E-state index in [4.69, 9.17) is 0 Å². The molecule has 4 aromatic rings. The second-order valence-corrected chi connectivity index (χ2v) is 11.7. The lowest BCUT2D eigenvalue weighted by Crippen LogP contribution is -2.27. The third kappa shape index (κ3) is 3.97. The SMILES string of the molecule is Cc1ccc2c(-c3nnc(SCCCN4C[C@H]5C[C@@]5(c5ccc(Br)cc5)C4)n3C)cccc2n1. The zero-order chi connectivity index (χ0) is 23.3. The highest BCUT2D eigenvalue weighted by molar-refractivity contribution is 9.10. The van der Waals surface area contributed by atoms with Crippen molar-refractivity contribution in [3.63, 3.8) is 0 Å². The molecule has 34 heavy (non-hydrogen) atoms. The summed E-state index contributed by atoms with van der Waals surface area (Å²) in [7, 11) is 2.06. The van der Waals surface area contributed by atoms with Crippen LogP contribution in [0.25, 0.3) is 22.3 Å². The topological polar surface area (TPSA) is 46.8 Å². The zero-order valence-electron chi connectivity index (χ0n) is 19.5. The molecule has 5 nitrogen and oxygen atoms in total. The first-order valence-corrected chi connectivity index (χ1v) is 13.7. The maximum absolute atomic E-state index is 4.66. The van der Waals surface area contributed by atoms with E-state index in [1.165, 1.54) is 25.1 Å². The molecular formula is C27H28BrN5S. The number of nitrogens with zero attached hydrogens (tertiary/aromatic N) is 5. The molecule has 2 aromatic heterocycles. The Morgan fingerprint density at radius 2 is 1.94 bits per heavy atom. The third-order valence-corrected chi connectivity index (χ3v) is 9.07. The Morgan fingerprint density at radius 3 is 2.79 bits per heavy atom. The van der Waals surface area contributed by atoms with Crippen LogP contribution in [-0.2, 0) is 12.5 Å². The van der Waals surface area contributed by atoms with E-state index in [1.54, 1.807) is 11.8 Å². The molecule has 0 spiro atoms. The Morgan fingerprint density at radius 1 is 1.09 bits per heavy atom. The summed E-state index contributed by atoms with van der Waals surface area (Å²) in [6.45, 7) is 5.62. The molecule has 2 atom stereocenters. The van der Waals surface area contributed by atoms with E-state index in [2.05, 4.69) is 96.2 Å². The average molecular weight is 535 g/mol. The molecule has 0 bridgehead atoms. The first kappa shape index (κ1) is 22.3. The molecule has 0 unspecified atom stereocenters. The van der Waals surface area contributed by atoms with Gasteiger partial charge in [-0.1, -0.05) is 58.0 Å². The summed E-state index contributed by atoms with van der Waals surface area (Å²) in [5.74, 6) is 2.78. The molecule has 7 heteroatoms. The van der Waals surface area contributed by atoms with E-state index in [9.17, 15) is 0 Å². The average Bonchev–Trinajstić information content (AvgIpc) is 3.21. The molecule has 1 aliphatic carbocycles. The van der Waals surface area contributed by atoms with Crippen LogP contribution >= 0.6 is 27.7 Å². The van der Waals surface area contributed by atoms with E-state index in [0.29, 0.717) is 5.41 Å². The van der Waals surface area contributed by atoms with Gasteiger partial charge in [-0.3, -0.25) is 4.98 Å². The first-order valence-electron chi connectivity index (χ1n) is 11.9. The van der Waals surface area contributed by atoms with Crippen molar-refractivity contribution < 1.29 is 0 Å². The quantitative estimate of drug-likeness (QED) is 0.220. The number of aromatic nitrogens is 4. The number of piperidine rings is 1. The van der Waals surface area contributed by atoms with Gasteiger partial charge in [-0.2, -0.15) is 0 Å². The van der Waals surface area contributed by atoms with Gasteiger partial charge in [0.25, 0.3) is 0 Å². The summed E-state index contributed by atoms with van der Waals surface area (Å²) in [6.07, 6.45) is 2.51. The Kier molecular flexibility index (Phi) is 5.74. The largest absolute Gasteiger partial charge is 0.305 e. The van der Waals surface area contributed by atoms with Crippen molar-refractivity contribution in [1.29, 1.82) is 0 Å². The van der Waals surface area contributed by atoms with Crippen molar-refractivity contribution in [2.45, 2.75) is 30.3 Å². The number of rotatable bonds is 7. The molecule has 0 radical (unpaired) electrons. The molecule has 0 amide bonds. The van der Waals surface area contributed by atoms with E-state index in [1.807, 2.05) is 13.0 Å². The van der Waals surface area contributed by atoms with Gasteiger partial charge < -0.3 is 9.47 Å². The molecule has 2 aliphatic rings. The van der Waals surface area contributed by atoms with Crippen LogP contribution in [0.3, 0.4) is 0 Å². The summed E-state index contributed by atoms with van der Waals surface area (Å²) in [4.78, 5) is 7.32. The fourth-order valence-electron chi connectivity index (χ4n) is 5.56. The van der Waals surface area contributed by atoms with Crippen LogP contribution in [0.1, 0.15) is 24.1 Å². The van der Waals surface area contributed by atoms with Gasteiger partial charge in [0.1, 0.15) is 0 Å². The van der Waals surface area contributed by atoms with Crippen molar-refractivity contribution in [2.24, 2.45) is 13.0 Å². The fraction of sp³-hybridized carbons (Fsp3) is 0.370. The Balaban J connectivity index is 1.06. The molecule has 2 aromatic carbocycles. The van der Waals surface area contributed by atoms with Gasteiger partial charge in [0.2, 0.25) is 0 Å². The van der Waals surface area contributed by atoms with Crippen LogP contribution in [0.4, 0.5) is 0 Å². The maximum Gasteiger partial charge on any atom is 0.191 e. The summed E-state index contributed by atoms with van der Waals surface area (Å²) in [5, 5.41) is 11.1. The summed E-state index contributed by atoms with van der Waals surface area (Å²) in [5.41, 5.74) is 5.04. The van der Waals surface area contributed by atoms with Crippen LogP contribution < -0.4 is 0 Å². The van der Waals surface area contributed by atoms with Gasteiger partial charge in [-0.25, -0.2) is 0 Å². The second-order valence-electron chi connectivity index (χ2n) is 9.69.